The summed E-state index contributed by atoms with van der Waals surface area (Å²) >= 11 is 0. The number of carbonyl (C=O) groups excluding carboxylic acids is 2. The van der Waals surface area contributed by atoms with Gasteiger partial charge in [0.25, 0.3) is 0 Å². The van der Waals surface area contributed by atoms with Crippen LogP contribution in [0.4, 0.5) is 17.6 Å². The summed E-state index contributed by atoms with van der Waals surface area (Å²) in [5, 5.41) is 2.96. The van der Waals surface area contributed by atoms with Crippen LogP contribution >= 0.6 is 0 Å². The van der Waals surface area contributed by atoms with E-state index in [-0.39, 0.29) is 60.6 Å². The number of hydrogen-bond donors (Lipinski definition) is 1. The molecule has 3 fully saturated rings. The molecule has 0 radical (unpaired) electrons. The van der Waals surface area contributed by atoms with Gasteiger partial charge in [0.2, 0.25) is 11.8 Å². The van der Waals surface area contributed by atoms with Gasteiger partial charge in [0.05, 0.1) is 24.1 Å². The maximum absolute atomic E-state index is 15.6. The van der Waals surface area contributed by atoms with Gasteiger partial charge in [-0.15, -0.1) is 0 Å². The molecule has 3 aliphatic rings. The molecule has 1 saturated carbocycles. The first-order valence-corrected chi connectivity index (χ1v) is 11.3. The van der Waals surface area contributed by atoms with Gasteiger partial charge in [-0.3, -0.25) is 9.59 Å². The van der Waals surface area contributed by atoms with Gasteiger partial charge in [-0.05, 0) is 49.4 Å². The van der Waals surface area contributed by atoms with Gasteiger partial charge in [-0.25, -0.2) is 17.6 Å². The molecule has 1 aliphatic carbocycles. The van der Waals surface area contributed by atoms with E-state index in [1.165, 1.54) is 12.1 Å². The summed E-state index contributed by atoms with van der Waals surface area (Å²) in [4.78, 5) is 26.9. The van der Waals surface area contributed by atoms with Crippen molar-refractivity contribution in [2.75, 3.05) is 13.2 Å². The average molecular weight is 476 g/mol. The molecule has 9 heteroatoms. The Morgan fingerprint density at radius 3 is 2.56 bits per heavy atom. The molecule has 0 bridgehead atoms. The summed E-state index contributed by atoms with van der Waals surface area (Å²) in [7, 11) is 0. The molecule has 34 heavy (non-hydrogen) atoms. The van der Waals surface area contributed by atoms with Crippen molar-refractivity contribution in [3.8, 4) is 11.1 Å². The van der Waals surface area contributed by atoms with Crippen LogP contribution in [0, 0.1) is 23.4 Å². The minimum Gasteiger partial charge on any atom is -0.369 e. The Morgan fingerprint density at radius 2 is 1.91 bits per heavy atom. The Hall–Kier alpha value is -2.94. The number of alkyl halides is 1. The number of amides is 2. The Balaban J connectivity index is 1.53. The summed E-state index contributed by atoms with van der Waals surface area (Å²) in [6, 6.07) is 6.33. The highest BCUT2D eigenvalue weighted by Gasteiger charge is 2.58. The van der Waals surface area contributed by atoms with Gasteiger partial charge in [0.1, 0.15) is 30.2 Å². The van der Waals surface area contributed by atoms with Crippen LogP contribution in [-0.2, 0) is 20.7 Å². The number of hydrogen-bond acceptors (Lipinski definition) is 3. The third-order valence-corrected chi connectivity index (χ3v) is 7.04. The molecule has 0 unspecified atom stereocenters. The first kappa shape index (κ1) is 22.8. The quantitative estimate of drug-likeness (QED) is 0.687. The normalized spacial score (nSPS) is 30.5. The second kappa shape index (κ2) is 8.37. The zero-order valence-corrected chi connectivity index (χ0v) is 18.5. The topological polar surface area (TPSA) is 58.6 Å². The van der Waals surface area contributed by atoms with E-state index in [2.05, 4.69) is 5.32 Å². The Labute approximate surface area is 194 Å². The molecule has 2 saturated heterocycles. The average Bonchev–Trinajstić information content (AvgIpc) is 3.44. The molecule has 2 aromatic rings. The monoisotopic (exact) mass is 476 g/mol. The molecule has 1 N–H and O–H groups in total. The highest BCUT2D eigenvalue weighted by molar-refractivity contribution is 5.84. The van der Waals surface area contributed by atoms with Crippen LogP contribution in [0.3, 0.4) is 0 Å². The predicted molar refractivity (Wildman–Crippen MR) is 115 cm³/mol. The lowest BCUT2D eigenvalue weighted by atomic mass is 9.84. The van der Waals surface area contributed by atoms with E-state index in [1.54, 1.807) is 11.0 Å². The summed E-state index contributed by atoms with van der Waals surface area (Å²) in [5.74, 6) is -3.75. The Bertz CT molecular complexity index is 1140. The van der Waals surface area contributed by atoms with Crippen LogP contribution in [0.2, 0.25) is 0 Å². The molecule has 5 rings (SSSR count). The lowest BCUT2D eigenvalue weighted by Crippen LogP contribution is -2.64. The fraction of sp³-hybridized carbons (Fsp3) is 0.440. The number of nitrogens with zero attached hydrogens (tertiary/aromatic N) is 1. The number of carbonyl (C=O) groups is 2. The standard InChI is InChI=1S/C25H24F4N2O3/c1-13-10-25(12-34-11-22(32)30-25)21(31(13)24(33)19-9-20(19)28)7-14-3-2-4-18(23(14)29)15-5-16(26)8-17(27)6-15/h2-6,8,13,19-21H,7,9-12H2,1H3,(H,30,32)/t13-,19-,20-,21+,25-/m1/s1. The summed E-state index contributed by atoms with van der Waals surface area (Å²) in [6.45, 7) is 1.84. The first-order valence-electron chi connectivity index (χ1n) is 11.3. The fourth-order valence-electron chi connectivity index (χ4n) is 5.45. The summed E-state index contributed by atoms with van der Waals surface area (Å²) in [6.07, 6.45) is -0.646. The van der Waals surface area contributed by atoms with Gasteiger partial charge in [-0.1, -0.05) is 18.2 Å². The highest BCUT2D eigenvalue weighted by atomic mass is 19.1. The van der Waals surface area contributed by atoms with Crippen LogP contribution in [0.15, 0.2) is 36.4 Å². The second-order valence-electron chi connectivity index (χ2n) is 9.51. The van der Waals surface area contributed by atoms with Gasteiger partial charge >= 0.3 is 0 Å². The molecule has 2 heterocycles. The van der Waals surface area contributed by atoms with Gasteiger partial charge in [0.15, 0.2) is 0 Å². The minimum absolute atomic E-state index is 0.0147. The van der Waals surface area contributed by atoms with Crippen LogP contribution < -0.4 is 5.32 Å². The number of nitrogens with one attached hydrogen (secondary N) is 1. The number of morpholine rings is 1. The molecule has 2 amide bonds. The van der Waals surface area contributed by atoms with Gasteiger partial charge in [-0.2, -0.15) is 0 Å². The zero-order chi connectivity index (χ0) is 24.2. The molecule has 5 nitrogen and oxygen atoms in total. The van der Waals surface area contributed by atoms with E-state index >= 15 is 4.39 Å². The second-order valence-corrected chi connectivity index (χ2v) is 9.51. The van der Waals surface area contributed by atoms with E-state index in [0.717, 1.165) is 12.1 Å². The van der Waals surface area contributed by atoms with E-state index in [1.807, 2.05) is 6.92 Å². The third kappa shape index (κ3) is 3.96. The van der Waals surface area contributed by atoms with Crippen LogP contribution in [-0.4, -0.2) is 53.7 Å². The molecule has 2 aromatic carbocycles. The number of likely N-dealkylation sites (tertiary alicyclic amines) is 1. The van der Waals surface area contributed by atoms with E-state index < -0.39 is 41.1 Å². The minimum atomic E-state index is -1.20. The number of benzene rings is 2. The van der Waals surface area contributed by atoms with E-state index in [4.69, 9.17) is 4.74 Å². The number of rotatable bonds is 4. The molecule has 1 spiro atoms. The zero-order valence-electron chi connectivity index (χ0n) is 18.5. The van der Waals surface area contributed by atoms with Crippen molar-refractivity contribution in [3.05, 3.63) is 59.4 Å². The van der Waals surface area contributed by atoms with Crippen LogP contribution in [0.25, 0.3) is 11.1 Å². The van der Waals surface area contributed by atoms with Gasteiger partial charge < -0.3 is 15.0 Å². The predicted octanol–water partition coefficient (Wildman–Crippen LogP) is 3.55. The van der Waals surface area contributed by atoms with Crippen molar-refractivity contribution < 1.29 is 31.9 Å². The van der Waals surface area contributed by atoms with Crippen molar-refractivity contribution >= 4 is 11.8 Å². The third-order valence-electron chi connectivity index (χ3n) is 7.04. The SMILES string of the molecule is C[C@@H]1C[C@@]2(COCC(=O)N2)[C@H](Cc2cccc(-c3cc(F)cc(F)c3)c2F)N1C(=O)[C@@H]1C[C@H]1F. The largest absolute Gasteiger partial charge is 0.369 e. The molecular formula is C25H24F4N2O3. The van der Waals surface area contributed by atoms with Crippen molar-refractivity contribution in [1.82, 2.24) is 10.2 Å². The number of halogens is 4. The lowest BCUT2D eigenvalue weighted by Gasteiger charge is -2.41. The molecular weight excluding hydrogens is 452 g/mol. The first-order chi connectivity index (χ1) is 16.2. The van der Waals surface area contributed by atoms with Crippen molar-refractivity contribution in [2.45, 2.75) is 50.0 Å². The Morgan fingerprint density at radius 1 is 1.21 bits per heavy atom. The molecule has 5 atom stereocenters. The maximum atomic E-state index is 15.6. The van der Waals surface area contributed by atoms with Crippen molar-refractivity contribution in [3.63, 3.8) is 0 Å². The van der Waals surface area contributed by atoms with Gasteiger partial charge in [0, 0.05) is 17.7 Å². The maximum Gasteiger partial charge on any atom is 0.246 e. The summed E-state index contributed by atoms with van der Waals surface area (Å²) < 4.78 is 62.4. The summed E-state index contributed by atoms with van der Waals surface area (Å²) in [5.41, 5.74) is -0.667. The fourth-order valence-corrected chi connectivity index (χ4v) is 5.45. The van der Waals surface area contributed by atoms with Crippen LogP contribution in [0.1, 0.15) is 25.3 Å². The lowest BCUT2D eigenvalue weighted by molar-refractivity contribution is -0.141. The van der Waals surface area contributed by atoms with Crippen LogP contribution in [0.5, 0.6) is 0 Å². The van der Waals surface area contributed by atoms with E-state index in [0.29, 0.717) is 12.5 Å². The molecule has 180 valence electrons. The molecule has 0 aromatic heterocycles. The number of ether oxygens (including phenoxy) is 1. The molecule has 2 aliphatic heterocycles. The van der Waals surface area contributed by atoms with Crippen molar-refractivity contribution in [2.24, 2.45) is 5.92 Å². The Kier molecular flexibility index (Phi) is 5.62. The van der Waals surface area contributed by atoms with E-state index in [9.17, 15) is 22.8 Å². The highest BCUT2D eigenvalue weighted by Crippen LogP contribution is 2.43. The smallest absolute Gasteiger partial charge is 0.246 e. The van der Waals surface area contributed by atoms with Crippen molar-refractivity contribution in [1.29, 1.82) is 0 Å².